The van der Waals surface area contributed by atoms with Crippen LogP contribution < -0.4 is 0 Å². The molecular formula is C13H11BrF3N3S. The highest BCUT2D eigenvalue weighted by Gasteiger charge is 2.30. The number of aryl methyl sites for hydroxylation is 1. The van der Waals surface area contributed by atoms with E-state index in [4.69, 9.17) is 0 Å². The summed E-state index contributed by atoms with van der Waals surface area (Å²) in [5, 5.41) is 1.10. The molecule has 2 aromatic heterocycles. The summed E-state index contributed by atoms with van der Waals surface area (Å²) in [7, 11) is 0. The average molecular weight is 378 g/mol. The van der Waals surface area contributed by atoms with E-state index in [9.17, 15) is 13.2 Å². The van der Waals surface area contributed by atoms with Crippen molar-refractivity contribution in [3.63, 3.8) is 0 Å². The van der Waals surface area contributed by atoms with Crippen molar-refractivity contribution in [1.29, 1.82) is 0 Å². The molecule has 0 aliphatic heterocycles. The molecule has 2 heterocycles. The van der Waals surface area contributed by atoms with E-state index in [1.807, 2.05) is 6.92 Å². The maximum atomic E-state index is 12.5. The molecule has 0 fully saturated rings. The van der Waals surface area contributed by atoms with Gasteiger partial charge in [0, 0.05) is 18.7 Å². The SMILES string of the molecule is CCCc1nc(Br)cc(Sc2ccc(C(F)(F)F)cn2)n1. The predicted octanol–water partition coefficient (Wildman–Crippen LogP) is 4.76. The molecule has 0 radical (unpaired) electrons. The fourth-order valence-electron chi connectivity index (χ4n) is 1.55. The van der Waals surface area contributed by atoms with E-state index in [1.165, 1.54) is 17.8 Å². The van der Waals surface area contributed by atoms with Crippen molar-refractivity contribution in [2.75, 3.05) is 0 Å². The molecule has 0 unspecified atom stereocenters. The fourth-order valence-corrected chi connectivity index (χ4v) is 2.90. The van der Waals surface area contributed by atoms with Gasteiger partial charge in [-0.3, -0.25) is 0 Å². The molecule has 21 heavy (non-hydrogen) atoms. The number of halogens is 4. The van der Waals surface area contributed by atoms with Gasteiger partial charge in [-0.05, 0) is 46.2 Å². The smallest absolute Gasteiger partial charge is 0.249 e. The zero-order chi connectivity index (χ0) is 15.5. The molecule has 112 valence electrons. The number of nitrogens with zero attached hydrogens (tertiary/aromatic N) is 3. The monoisotopic (exact) mass is 377 g/mol. The second kappa shape index (κ2) is 6.74. The van der Waals surface area contributed by atoms with Gasteiger partial charge >= 0.3 is 6.18 Å². The molecule has 0 aliphatic rings. The molecule has 2 aromatic rings. The first kappa shape index (κ1) is 16.2. The predicted molar refractivity (Wildman–Crippen MR) is 77.1 cm³/mol. The third-order valence-corrected chi connectivity index (χ3v) is 3.74. The van der Waals surface area contributed by atoms with Crippen molar-refractivity contribution in [3.05, 3.63) is 40.4 Å². The van der Waals surface area contributed by atoms with Crippen LogP contribution in [0.3, 0.4) is 0 Å². The van der Waals surface area contributed by atoms with E-state index >= 15 is 0 Å². The molecule has 8 heteroatoms. The van der Waals surface area contributed by atoms with Gasteiger partial charge in [0.25, 0.3) is 0 Å². The number of hydrogen-bond acceptors (Lipinski definition) is 4. The minimum Gasteiger partial charge on any atom is -0.249 e. The Labute approximate surface area is 132 Å². The van der Waals surface area contributed by atoms with Gasteiger partial charge in [-0.15, -0.1) is 0 Å². The summed E-state index contributed by atoms with van der Waals surface area (Å²) >= 11 is 4.50. The molecule has 0 spiro atoms. The highest BCUT2D eigenvalue weighted by Crippen LogP contribution is 2.31. The number of pyridine rings is 1. The number of hydrogen-bond donors (Lipinski definition) is 0. The third kappa shape index (κ3) is 4.67. The first-order valence-corrected chi connectivity index (χ1v) is 7.74. The Morgan fingerprint density at radius 2 is 1.95 bits per heavy atom. The number of aromatic nitrogens is 3. The normalized spacial score (nSPS) is 11.7. The zero-order valence-corrected chi connectivity index (χ0v) is 13.4. The molecule has 0 saturated carbocycles. The molecular weight excluding hydrogens is 367 g/mol. The van der Waals surface area contributed by atoms with E-state index in [0.717, 1.165) is 25.1 Å². The number of alkyl halides is 3. The maximum absolute atomic E-state index is 12.5. The van der Waals surface area contributed by atoms with Crippen LogP contribution in [0.4, 0.5) is 13.2 Å². The molecule has 0 N–H and O–H groups in total. The van der Waals surface area contributed by atoms with Crippen molar-refractivity contribution in [2.24, 2.45) is 0 Å². The molecule has 0 bridgehead atoms. The second-order valence-electron chi connectivity index (χ2n) is 4.18. The Morgan fingerprint density at radius 3 is 2.52 bits per heavy atom. The van der Waals surface area contributed by atoms with Crippen LogP contribution in [0.15, 0.2) is 39.1 Å². The van der Waals surface area contributed by atoms with Crippen molar-refractivity contribution < 1.29 is 13.2 Å². The third-order valence-electron chi connectivity index (χ3n) is 2.46. The van der Waals surface area contributed by atoms with Crippen LogP contribution >= 0.6 is 27.7 Å². The lowest BCUT2D eigenvalue weighted by Gasteiger charge is -2.07. The van der Waals surface area contributed by atoms with Crippen LogP contribution in [0.1, 0.15) is 24.7 Å². The Kier molecular flexibility index (Phi) is 5.21. The summed E-state index contributed by atoms with van der Waals surface area (Å²) < 4.78 is 38.0. The molecule has 0 aliphatic carbocycles. The Balaban J connectivity index is 2.18. The van der Waals surface area contributed by atoms with Gasteiger partial charge in [0.05, 0.1) is 5.56 Å². The summed E-state index contributed by atoms with van der Waals surface area (Å²) in [4.78, 5) is 12.4. The Morgan fingerprint density at radius 1 is 1.19 bits per heavy atom. The molecule has 0 aromatic carbocycles. The van der Waals surface area contributed by atoms with Gasteiger partial charge in [0.2, 0.25) is 0 Å². The summed E-state index contributed by atoms with van der Waals surface area (Å²) in [6.45, 7) is 2.02. The van der Waals surface area contributed by atoms with Gasteiger partial charge in [-0.2, -0.15) is 13.2 Å². The van der Waals surface area contributed by atoms with Crippen LogP contribution in [0.25, 0.3) is 0 Å². The van der Waals surface area contributed by atoms with Gasteiger partial charge < -0.3 is 0 Å². The number of rotatable bonds is 4. The Hall–Kier alpha value is -1.15. The second-order valence-corrected chi connectivity index (χ2v) is 6.03. The van der Waals surface area contributed by atoms with Crippen LogP contribution in [-0.2, 0) is 12.6 Å². The average Bonchev–Trinajstić information content (AvgIpc) is 2.38. The first-order valence-electron chi connectivity index (χ1n) is 6.13. The van der Waals surface area contributed by atoms with Crippen molar-refractivity contribution in [2.45, 2.75) is 36.0 Å². The highest BCUT2D eigenvalue weighted by molar-refractivity contribution is 9.10. The lowest BCUT2D eigenvalue weighted by Crippen LogP contribution is -2.05. The van der Waals surface area contributed by atoms with E-state index in [1.54, 1.807) is 6.07 Å². The summed E-state index contributed by atoms with van der Waals surface area (Å²) in [6, 6.07) is 4.06. The molecule has 2 rings (SSSR count). The van der Waals surface area contributed by atoms with Gasteiger partial charge in [-0.25, -0.2) is 15.0 Å². The standard InChI is InChI=1S/C13H11BrF3N3S/c1-2-3-10-19-9(14)6-12(20-10)21-11-5-4-8(7-18-11)13(15,16)17/h4-7H,2-3H2,1H3. The van der Waals surface area contributed by atoms with Crippen molar-refractivity contribution >= 4 is 27.7 Å². The summed E-state index contributed by atoms with van der Waals surface area (Å²) in [5.74, 6) is 0.696. The summed E-state index contributed by atoms with van der Waals surface area (Å²) in [5.41, 5.74) is -0.762. The first-order chi connectivity index (χ1) is 9.88. The van der Waals surface area contributed by atoms with Crippen LogP contribution in [-0.4, -0.2) is 15.0 Å². The highest BCUT2D eigenvalue weighted by atomic mass is 79.9. The zero-order valence-electron chi connectivity index (χ0n) is 11.0. The largest absolute Gasteiger partial charge is 0.417 e. The molecule has 0 amide bonds. The fraction of sp³-hybridized carbons (Fsp3) is 0.308. The van der Waals surface area contributed by atoms with E-state index in [2.05, 4.69) is 30.9 Å². The summed E-state index contributed by atoms with van der Waals surface area (Å²) in [6.07, 6.45) is -1.89. The molecule has 0 saturated heterocycles. The molecule has 3 nitrogen and oxygen atoms in total. The van der Waals surface area contributed by atoms with Gasteiger partial charge in [-0.1, -0.05) is 6.92 Å². The maximum Gasteiger partial charge on any atom is 0.417 e. The lowest BCUT2D eigenvalue weighted by molar-refractivity contribution is -0.137. The van der Waals surface area contributed by atoms with Gasteiger partial charge in [0.1, 0.15) is 20.5 Å². The molecule has 0 atom stereocenters. The minimum absolute atomic E-state index is 0.455. The van der Waals surface area contributed by atoms with E-state index in [-0.39, 0.29) is 0 Å². The van der Waals surface area contributed by atoms with Crippen LogP contribution in [0, 0.1) is 0 Å². The van der Waals surface area contributed by atoms with Crippen molar-refractivity contribution in [3.8, 4) is 0 Å². The minimum atomic E-state index is -4.37. The van der Waals surface area contributed by atoms with Gasteiger partial charge in [0.15, 0.2) is 0 Å². The Bertz CT molecular complexity index is 617. The van der Waals surface area contributed by atoms with Crippen LogP contribution in [0.2, 0.25) is 0 Å². The lowest BCUT2D eigenvalue weighted by atomic mass is 10.3. The topological polar surface area (TPSA) is 38.7 Å². The van der Waals surface area contributed by atoms with E-state index in [0.29, 0.717) is 20.5 Å². The van der Waals surface area contributed by atoms with E-state index < -0.39 is 11.7 Å². The quantitative estimate of drug-likeness (QED) is 0.720. The van der Waals surface area contributed by atoms with Crippen LogP contribution in [0.5, 0.6) is 0 Å². The van der Waals surface area contributed by atoms with Crippen molar-refractivity contribution in [1.82, 2.24) is 15.0 Å².